The standard InChI is InChI=1S/C16H20FN3O3S/c1-23-11-7-14(21)20(9-11)12(6-10-4-2-3-5-10)15(22)19-16-18-8-13(17)24-16/h7-10,12,21H,2-6H2,1H3,(H,18,19,22)/t12-/m0/s1. The third-order valence-corrected chi connectivity index (χ3v) is 5.12. The first-order valence-corrected chi connectivity index (χ1v) is 8.75. The lowest BCUT2D eigenvalue weighted by atomic mass is 9.97. The lowest BCUT2D eigenvalue weighted by molar-refractivity contribution is -0.119. The second-order valence-corrected chi connectivity index (χ2v) is 6.99. The molecular formula is C16H20FN3O3S. The highest BCUT2D eigenvalue weighted by Crippen LogP contribution is 2.36. The van der Waals surface area contributed by atoms with Crippen molar-refractivity contribution in [1.82, 2.24) is 9.55 Å². The van der Waals surface area contributed by atoms with E-state index in [1.165, 1.54) is 17.7 Å². The van der Waals surface area contributed by atoms with E-state index in [-0.39, 0.29) is 16.9 Å². The summed E-state index contributed by atoms with van der Waals surface area (Å²) in [5.41, 5.74) is 0. The molecule has 1 atom stereocenters. The smallest absolute Gasteiger partial charge is 0.249 e. The highest BCUT2D eigenvalue weighted by molar-refractivity contribution is 7.14. The molecule has 24 heavy (non-hydrogen) atoms. The van der Waals surface area contributed by atoms with Crippen molar-refractivity contribution in [2.45, 2.75) is 38.1 Å². The Hall–Kier alpha value is -2.09. The summed E-state index contributed by atoms with van der Waals surface area (Å²) in [5, 5.41) is 12.6. The van der Waals surface area contributed by atoms with E-state index in [1.807, 2.05) is 0 Å². The highest BCUT2D eigenvalue weighted by atomic mass is 32.1. The summed E-state index contributed by atoms with van der Waals surface area (Å²) >= 11 is 0.779. The summed E-state index contributed by atoms with van der Waals surface area (Å²) in [5.74, 6) is 0.568. The highest BCUT2D eigenvalue weighted by Gasteiger charge is 2.29. The molecule has 2 N–H and O–H groups in total. The number of halogens is 1. The van der Waals surface area contributed by atoms with Crippen LogP contribution in [0.4, 0.5) is 9.52 Å². The van der Waals surface area contributed by atoms with Crippen molar-refractivity contribution < 1.29 is 19.0 Å². The van der Waals surface area contributed by atoms with E-state index in [2.05, 4.69) is 10.3 Å². The van der Waals surface area contributed by atoms with Crippen LogP contribution in [0.3, 0.4) is 0 Å². The third-order valence-electron chi connectivity index (χ3n) is 4.42. The number of carbonyl (C=O) groups excluding carboxylic acids is 1. The average molecular weight is 353 g/mol. The van der Waals surface area contributed by atoms with Gasteiger partial charge in [-0.25, -0.2) is 4.98 Å². The minimum Gasteiger partial charge on any atom is -0.495 e. The molecule has 1 aliphatic rings. The normalized spacial score (nSPS) is 16.2. The van der Waals surface area contributed by atoms with Gasteiger partial charge in [-0.15, -0.1) is 0 Å². The van der Waals surface area contributed by atoms with Crippen LogP contribution >= 0.6 is 11.3 Å². The number of carbonyl (C=O) groups is 1. The zero-order valence-electron chi connectivity index (χ0n) is 13.4. The molecule has 0 saturated heterocycles. The molecule has 1 amide bonds. The molecule has 130 valence electrons. The Morgan fingerprint density at radius 2 is 2.33 bits per heavy atom. The number of nitrogens with zero attached hydrogens (tertiary/aromatic N) is 2. The number of anilines is 1. The molecule has 0 radical (unpaired) electrons. The fraction of sp³-hybridized carbons (Fsp3) is 0.500. The lowest BCUT2D eigenvalue weighted by Gasteiger charge is -2.21. The van der Waals surface area contributed by atoms with Crippen molar-refractivity contribution in [3.05, 3.63) is 23.6 Å². The molecule has 1 fully saturated rings. The Bertz CT molecular complexity index is 709. The van der Waals surface area contributed by atoms with Gasteiger partial charge < -0.3 is 19.7 Å². The molecule has 0 aliphatic heterocycles. The molecule has 8 heteroatoms. The van der Waals surface area contributed by atoms with E-state index in [0.29, 0.717) is 18.1 Å². The summed E-state index contributed by atoms with van der Waals surface area (Å²) in [6.45, 7) is 0. The summed E-state index contributed by atoms with van der Waals surface area (Å²) in [6.07, 6.45) is 7.78. The van der Waals surface area contributed by atoms with Gasteiger partial charge in [-0.2, -0.15) is 4.39 Å². The molecule has 1 saturated carbocycles. The van der Waals surface area contributed by atoms with Gasteiger partial charge in [0.25, 0.3) is 0 Å². The van der Waals surface area contributed by atoms with E-state index in [4.69, 9.17) is 4.74 Å². The topological polar surface area (TPSA) is 76.4 Å². The van der Waals surface area contributed by atoms with Crippen LogP contribution in [0.15, 0.2) is 18.5 Å². The monoisotopic (exact) mass is 353 g/mol. The van der Waals surface area contributed by atoms with Gasteiger partial charge in [-0.05, 0) is 12.3 Å². The van der Waals surface area contributed by atoms with Crippen molar-refractivity contribution >= 4 is 22.4 Å². The largest absolute Gasteiger partial charge is 0.495 e. The minimum atomic E-state index is -0.594. The molecule has 6 nitrogen and oxygen atoms in total. The van der Waals surface area contributed by atoms with Crippen LogP contribution in [0.1, 0.15) is 38.1 Å². The molecule has 0 aromatic carbocycles. The van der Waals surface area contributed by atoms with Crippen LogP contribution in [-0.2, 0) is 4.79 Å². The second-order valence-electron chi connectivity index (χ2n) is 6.01. The molecular weight excluding hydrogens is 333 g/mol. The number of hydrogen-bond donors (Lipinski definition) is 2. The van der Waals surface area contributed by atoms with Crippen LogP contribution in [-0.4, -0.2) is 27.7 Å². The van der Waals surface area contributed by atoms with Crippen molar-refractivity contribution in [3.63, 3.8) is 0 Å². The molecule has 0 unspecified atom stereocenters. The van der Waals surface area contributed by atoms with Crippen molar-refractivity contribution in [2.75, 3.05) is 12.4 Å². The molecule has 2 aromatic rings. The number of aromatic nitrogens is 2. The number of hydrogen-bond acceptors (Lipinski definition) is 5. The molecule has 2 heterocycles. The second kappa shape index (κ2) is 7.21. The lowest BCUT2D eigenvalue weighted by Crippen LogP contribution is -2.27. The van der Waals surface area contributed by atoms with E-state index in [1.54, 1.807) is 6.20 Å². The van der Waals surface area contributed by atoms with Crippen LogP contribution in [0, 0.1) is 11.0 Å². The molecule has 2 aromatic heterocycles. The van der Waals surface area contributed by atoms with Crippen LogP contribution in [0.2, 0.25) is 0 Å². The first-order chi connectivity index (χ1) is 11.6. The molecule has 1 aliphatic carbocycles. The third kappa shape index (κ3) is 3.69. The summed E-state index contributed by atoms with van der Waals surface area (Å²) < 4.78 is 19.7. The maximum atomic E-state index is 13.1. The minimum absolute atomic E-state index is 0.0321. The fourth-order valence-electron chi connectivity index (χ4n) is 3.21. The van der Waals surface area contributed by atoms with Crippen molar-refractivity contribution in [3.8, 4) is 11.6 Å². The van der Waals surface area contributed by atoms with Gasteiger partial charge in [0.05, 0.1) is 19.5 Å². The first-order valence-electron chi connectivity index (χ1n) is 7.94. The summed E-state index contributed by atoms with van der Waals surface area (Å²) in [4.78, 5) is 16.5. The number of nitrogens with one attached hydrogen (secondary N) is 1. The van der Waals surface area contributed by atoms with Crippen LogP contribution in [0.5, 0.6) is 11.6 Å². The van der Waals surface area contributed by atoms with Gasteiger partial charge in [-0.3, -0.25) is 4.79 Å². The predicted octanol–water partition coefficient (Wildman–Crippen LogP) is 3.56. The Morgan fingerprint density at radius 1 is 1.58 bits per heavy atom. The number of thiazole rings is 1. The number of rotatable bonds is 6. The van der Waals surface area contributed by atoms with Crippen molar-refractivity contribution in [1.29, 1.82) is 0 Å². The summed E-state index contributed by atoms with van der Waals surface area (Å²) in [7, 11) is 1.50. The molecule has 3 rings (SSSR count). The van der Waals surface area contributed by atoms with Gasteiger partial charge in [0.15, 0.2) is 16.1 Å². The van der Waals surface area contributed by atoms with Crippen LogP contribution in [0.25, 0.3) is 0 Å². The zero-order chi connectivity index (χ0) is 17.1. The number of ether oxygens (including phenoxy) is 1. The van der Waals surface area contributed by atoms with Gasteiger partial charge in [0, 0.05) is 6.07 Å². The Balaban J connectivity index is 1.82. The number of methoxy groups -OCH3 is 1. The van der Waals surface area contributed by atoms with E-state index in [0.717, 1.165) is 43.2 Å². The quantitative estimate of drug-likeness (QED) is 0.832. The predicted molar refractivity (Wildman–Crippen MR) is 89.0 cm³/mol. The Kier molecular flexibility index (Phi) is 5.03. The number of amides is 1. The fourth-order valence-corrected chi connectivity index (χ4v) is 3.76. The zero-order valence-corrected chi connectivity index (χ0v) is 14.2. The molecule has 0 bridgehead atoms. The van der Waals surface area contributed by atoms with Gasteiger partial charge in [-0.1, -0.05) is 37.0 Å². The van der Waals surface area contributed by atoms with Gasteiger partial charge in [0.2, 0.25) is 5.91 Å². The van der Waals surface area contributed by atoms with Crippen molar-refractivity contribution in [2.24, 2.45) is 5.92 Å². The van der Waals surface area contributed by atoms with E-state index >= 15 is 0 Å². The maximum Gasteiger partial charge on any atom is 0.249 e. The maximum absolute atomic E-state index is 13.1. The first kappa shape index (κ1) is 16.8. The Morgan fingerprint density at radius 3 is 2.92 bits per heavy atom. The number of aromatic hydroxyl groups is 1. The Labute approximate surface area is 143 Å². The SMILES string of the molecule is COc1cc(O)n([C@@H](CC2CCCC2)C(=O)Nc2ncc(F)s2)c1. The van der Waals surface area contributed by atoms with Gasteiger partial charge in [0.1, 0.15) is 11.8 Å². The average Bonchev–Trinajstić information content (AvgIpc) is 3.27. The molecule has 0 spiro atoms. The van der Waals surface area contributed by atoms with E-state index in [9.17, 15) is 14.3 Å². The van der Waals surface area contributed by atoms with E-state index < -0.39 is 11.2 Å². The summed E-state index contributed by atoms with van der Waals surface area (Å²) in [6, 6.07) is 0.877. The van der Waals surface area contributed by atoms with Gasteiger partial charge >= 0.3 is 0 Å². The van der Waals surface area contributed by atoms with Crippen LogP contribution < -0.4 is 10.1 Å².